The Morgan fingerprint density at radius 2 is 1.97 bits per heavy atom. The standard InChI is InChI=1S/C24H27FN4O/c1-30-21-9-10-22(23(25)14-21)24-18(16-29(26-24)19-6-3-2-4-7-19)15-27-12-13-28-11-5-8-20(28)17-27/h2-4,6-7,9-10,14,16,20H,5,8,11-13,15,17H2,1H3/t20-/m1/s1. The zero-order valence-electron chi connectivity index (χ0n) is 17.3. The maximum atomic E-state index is 14.9. The van der Waals surface area contributed by atoms with Crippen LogP contribution in [-0.4, -0.2) is 58.9 Å². The Bertz CT molecular complexity index is 1020. The molecular formula is C24H27FN4O. The lowest BCUT2D eigenvalue weighted by molar-refractivity contribution is 0.0995. The highest BCUT2D eigenvalue weighted by Gasteiger charge is 2.31. The van der Waals surface area contributed by atoms with Crippen molar-refractivity contribution >= 4 is 0 Å². The van der Waals surface area contributed by atoms with Crippen LogP contribution in [0.15, 0.2) is 54.7 Å². The molecule has 2 aromatic carbocycles. The Morgan fingerprint density at radius 1 is 1.10 bits per heavy atom. The van der Waals surface area contributed by atoms with Crippen molar-refractivity contribution in [2.75, 3.05) is 33.3 Å². The van der Waals surface area contributed by atoms with E-state index in [1.807, 2.05) is 35.0 Å². The molecule has 2 aliphatic rings. The highest BCUT2D eigenvalue weighted by molar-refractivity contribution is 5.65. The first-order valence-electron chi connectivity index (χ1n) is 10.7. The largest absolute Gasteiger partial charge is 0.497 e. The van der Waals surface area contributed by atoms with E-state index < -0.39 is 0 Å². The molecule has 3 heterocycles. The second kappa shape index (κ2) is 8.20. The zero-order valence-corrected chi connectivity index (χ0v) is 17.3. The summed E-state index contributed by atoms with van der Waals surface area (Å²) in [7, 11) is 1.55. The van der Waals surface area contributed by atoms with Gasteiger partial charge in [-0.25, -0.2) is 9.07 Å². The van der Waals surface area contributed by atoms with Crippen LogP contribution in [0, 0.1) is 5.82 Å². The molecule has 2 saturated heterocycles. The van der Waals surface area contributed by atoms with Crippen LogP contribution in [0.5, 0.6) is 5.75 Å². The number of fused-ring (bicyclic) bond motifs is 1. The van der Waals surface area contributed by atoms with Gasteiger partial charge in [0.2, 0.25) is 0 Å². The van der Waals surface area contributed by atoms with Crippen molar-refractivity contribution in [3.8, 4) is 22.7 Å². The van der Waals surface area contributed by atoms with E-state index in [4.69, 9.17) is 9.84 Å². The molecule has 0 amide bonds. The number of benzene rings is 2. The fourth-order valence-electron chi connectivity index (χ4n) is 4.72. The van der Waals surface area contributed by atoms with Gasteiger partial charge in [-0.05, 0) is 43.7 Å². The van der Waals surface area contributed by atoms with Gasteiger partial charge in [0.1, 0.15) is 17.3 Å². The lowest BCUT2D eigenvalue weighted by atomic mass is 10.1. The molecule has 6 heteroatoms. The summed E-state index contributed by atoms with van der Waals surface area (Å²) in [6, 6.07) is 15.6. The third kappa shape index (κ3) is 3.73. The van der Waals surface area contributed by atoms with Crippen LogP contribution in [0.25, 0.3) is 16.9 Å². The second-order valence-corrected chi connectivity index (χ2v) is 8.20. The summed E-state index contributed by atoms with van der Waals surface area (Å²) in [6.07, 6.45) is 4.63. The average molecular weight is 407 g/mol. The maximum Gasteiger partial charge on any atom is 0.136 e. The Balaban J connectivity index is 1.49. The Kier molecular flexibility index (Phi) is 5.27. The molecule has 2 aliphatic heterocycles. The average Bonchev–Trinajstić information content (AvgIpc) is 3.41. The Morgan fingerprint density at radius 3 is 2.77 bits per heavy atom. The minimum absolute atomic E-state index is 0.311. The number of methoxy groups -OCH3 is 1. The van der Waals surface area contributed by atoms with Gasteiger partial charge < -0.3 is 4.74 Å². The molecule has 30 heavy (non-hydrogen) atoms. The van der Waals surface area contributed by atoms with Gasteiger partial charge in [-0.3, -0.25) is 9.80 Å². The van der Waals surface area contributed by atoms with E-state index in [0.29, 0.717) is 23.0 Å². The van der Waals surface area contributed by atoms with Crippen LogP contribution in [0.2, 0.25) is 0 Å². The maximum absolute atomic E-state index is 14.9. The lowest BCUT2D eigenvalue weighted by Crippen LogP contribution is -2.49. The molecule has 0 N–H and O–H groups in total. The van der Waals surface area contributed by atoms with Crippen molar-refractivity contribution in [2.45, 2.75) is 25.4 Å². The minimum atomic E-state index is -0.311. The molecule has 0 saturated carbocycles. The van der Waals surface area contributed by atoms with Gasteiger partial charge in [-0.1, -0.05) is 18.2 Å². The fraction of sp³-hybridized carbons (Fsp3) is 0.375. The molecular weight excluding hydrogens is 379 g/mol. The first-order valence-corrected chi connectivity index (χ1v) is 10.7. The smallest absolute Gasteiger partial charge is 0.136 e. The molecule has 5 rings (SSSR count). The van der Waals surface area contributed by atoms with Crippen LogP contribution in [-0.2, 0) is 6.54 Å². The first-order chi connectivity index (χ1) is 14.7. The monoisotopic (exact) mass is 406 g/mol. The number of piperazine rings is 1. The van der Waals surface area contributed by atoms with Crippen molar-refractivity contribution in [3.05, 3.63) is 66.1 Å². The summed E-state index contributed by atoms with van der Waals surface area (Å²) in [5, 5.41) is 4.80. The summed E-state index contributed by atoms with van der Waals surface area (Å²) in [5.41, 5.74) is 3.24. The topological polar surface area (TPSA) is 33.5 Å². The molecule has 1 atom stereocenters. The molecule has 0 spiro atoms. The van der Waals surface area contributed by atoms with Crippen molar-refractivity contribution < 1.29 is 9.13 Å². The van der Waals surface area contributed by atoms with Crippen molar-refractivity contribution in [2.24, 2.45) is 0 Å². The molecule has 5 nitrogen and oxygen atoms in total. The number of hydrogen-bond acceptors (Lipinski definition) is 4. The van der Waals surface area contributed by atoms with Gasteiger partial charge in [0.15, 0.2) is 0 Å². The van der Waals surface area contributed by atoms with Gasteiger partial charge in [0.25, 0.3) is 0 Å². The van der Waals surface area contributed by atoms with E-state index in [1.165, 1.54) is 25.5 Å². The van der Waals surface area contributed by atoms with Crippen LogP contribution >= 0.6 is 0 Å². The number of ether oxygens (including phenoxy) is 1. The predicted molar refractivity (Wildman–Crippen MR) is 115 cm³/mol. The Labute approximate surface area is 176 Å². The van der Waals surface area contributed by atoms with E-state index in [9.17, 15) is 4.39 Å². The lowest BCUT2D eigenvalue weighted by Gasteiger charge is -2.37. The summed E-state index contributed by atoms with van der Waals surface area (Å²) >= 11 is 0. The first kappa shape index (κ1) is 19.3. The summed E-state index contributed by atoms with van der Waals surface area (Å²) in [4.78, 5) is 5.09. The molecule has 156 valence electrons. The van der Waals surface area contributed by atoms with Gasteiger partial charge in [-0.2, -0.15) is 5.10 Å². The molecule has 0 radical (unpaired) electrons. The molecule has 3 aromatic rings. The van der Waals surface area contributed by atoms with E-state index in [1.54, 1.807) is 19.2 Å². The number of para-hydroxylation sites is 1. The number of hydrogen-bond donors (Lipinski definition) is 0. The fourth-order valence-corrected chi connectivity index (χ4v) is 4.72. The van der Waals surface area contributed by atoms with Crippen LogP contribution in [0.1, 0.15) is 18.4 Å². The van der Waals surface area contributed by atoms with Crippen molar-refractivity contribution in [1.29, 1.82) is 0 Å². The molecule has 0 aliphatic carbocycles. The summed E-state index contributed by atoms with van der Waals surface area (Å²) in [6.45, 7) is 5.23. The highest BCUT2D eigenvalue weighted by Crippen LogP contribution is 2.30. The zero-order chi connectivity index (χ0) is 20.5. The number of aromatic nitrogens is 2. The van der Waals surface area contributed by atoms with E-state index in [2.05, 4.69) is 16.0 Å². The van der Waals surface area contributed by atoms with Crippen LogP contribution in [0.3, 0.4) is 0 Å². The molecule has 1 aromatic heterocycles. The van der Waals surface area contributed by atoms with Crippen LogP contribution < -0.4 is 4.74 Å². The SMILES string of the molecule is COc1ccc(-c2nn(-c3ccccc3)cc2CN2CCN3CCC[C@@H]3C2)c(F)c1. The van der Waals surface area contributed by atoms with E-state index in [-0.39, 0.29) is 5.82 Å². The Hall–Kier alpha value is -2.70. The highest BCUT2D eigenvalue weighted by atomic mass is 19.1. The second-order valence-electron chi connectivity index (χ2n) is 8.20. The quantitative estimate of drug-likeness (QED) is 0.642. The van der Waals surface area contributed by atoms with Gasteiger partial charge in [0.05, 0.1) is 12.8 Å². The number of nitrogens with zero attached hydrogens (tertiary/aromatic N) is 4. The third-order valence-corrected chi connectivity index (χ3v) is 6.31. The summed E-state index contributed by atoms with van der Waals surface area (Å²) in [5.74, 6) is 0.201. The minimum Gasteiger partial charge on any atom is -0.497 e. The molecule has 0 bridgehead atoms. The van der Waals surface area contributed by atoms with Crippen molar-refractivity contribution in [3.63, 3.8) is 0 Å². The predicted octanol–water partition coefficient (Wildman–Crippen LogP) is 3.97. The number of rotatable bonds is 5. The van der Waals surface area contributed by atoms with Gasteiger partial charge in [-0.15, -0.1) is 0 Å². The van der Waals surface area contributed by atoms with E-state index in [0.717, 1.165) is 37.4 Å². The van der Waals surface area contributed by atoms with Gasteiger partial charge >= 0.3 is 0 Å². The third-order valence-electron chi connectivity index (χ3n) is 6.31. The van der Waals surface area contributed by atoms with Crippen LogP contribution in [0.4, 0.5) is 4.39 Å². The van der Waals surface area contributed by atoms with E-state index >= 15 is 0 Å². The summed E-state index contributed by atoms with van der Waals surface area (Å²) < 4.78 is 22.0. The normalized spacial score (nSPS) is 19.7. The molecule has 0 unspecified atom stereocenters. The van der Waals surface area contributed by atoms with Crippen molar-refractivity contribution in [1.82, 2.24) is 19.6 Å². The van der Waals surface area contributed by atoms with Gasteiger partial charge in [0, 0.05) is 55.6 Å². The molecule has 2 fully saturated rings. The number of halogens is 1.